The minimum absolute atomic E-state index is 0.224. The van der Waals surface area contributed by atoms with Crippen LogP contribution in [0.2, 0.25) is 0 Å². The van der Waals surface area contributed by atoms with Crippen molar-refractivity contribution in [2.45, 2.75) is 25.0 Å². The van der Waals surface area contributed by atoms with Crippen molar-refractivity contribution in [3.63, 3.8) is 0 Å². The predicted octanol–water partition coefficient (Wildman–Crippen LogP) is 5.15. The number of fused-ring (bicyclic) bond motifs is 3. The fourth-order valence-corrected chi connectivity index (χ4v) is 4.50. The Bertz CT molecular complexity index is 613. The molecule has 3 atom stereocenters. The van der Waals surface area contributed by atoms with Gasteiger partial charge in [-0.05, 0) is 53.4 Å². The minimum Gasteiger partial charge on any atom is -0.378 e. The summed E-state index contributed by atoms with van der Waals surface area (Å²) in [7, 11) is 0. The quantitative estimate of drug-likeness (QED) is 0.768. The lowest BCUT2D eigenvalue weighted by molar-refractivity contribution is -0.0381. The van der Waals surface area contributed by atoms with Crippen molar-refractivity contribution in [3.05, 3.63) is 50.6 Å². The Labute approximate surface area is 131 Å². The molecular weight excluding hydrogens is 334 g/mol. The van der Waals surface area contributed by atoms with E-state index in [1.54, 1.807) is 11.3 Å². The average molecular weight is 350 g/mol. The van der Waals surface area contributed by atoms with Crippen LogP contribution >= 0.6 is 27.3 Å². The molecule has 0 spiro atoms. The van der Waals surface area contributed by atoms with Gasteiger partial charge in [0.05, 0.1) is 12.1 Å². The third kappa shape index (κ3) is 2.10. The molecule has 1 aromatic carbocycles. The monoisotopic (exact) mass is 349 g/mol. The fraction of sp³-hybridized carbons (Fsp3) is 0.375. The molecule has 0 saturated carbocycles. The maximum absolute atomic E-state index is 6.13. The standard InChI is InChI=1S/C16H16BrNOS/c17-11-3-4-14-13(8-11)16-12(2-1-6-19-16)15(18-14)10-5-7-20-9-10/h3-5,7-9,12,15-16,18H,1-2,6H2/t12-,15-,16-/m0/s1. The van der Waals surface area contributed by atoms with E-state index in [2.05, 4.69) is 56.3 Å². The smallest absolute Gasteiger partial charge is 0.0896 e. The molecule has 2 aliphatic heterocycles. The van der Waals surface area contributed by atoms with Crippen LogP contribution in [-0.2, 0) is 4.74 Å². The summed E-state index contributed by atoms with van der Waals surface area (Å²) >= 11 is 5.35. The fourth-order valence-electron chi connectivity index (χ4n) is 3.42. The summed E-state index contributed by atoms with van der Waals surface area (Å²) in [4.78, 5) is 0. The van der Waals surface area contributed by atoms with Crippen molar-refractivity contribution in [2.75, 3.05) is 11.9 Å². The van der Waals surface area contributed by atoms with Crippen LogP contribution in [0, 0.1) is 5.92 Å². The van der Waals surface area contributed by atoms with E-state index < -0.39 is 0 Å². The van der Waals surface area contributed by atoms with Gasteiger partial charge in [-0.1, -0.05) is 15.9 Å². The highest BCUT2D eigenvalue weighted by molar-refractivity contribution is 9.10. The summed E-state index contributed by atoms with van der Waals surface area (Å²) in [5.74, 6) is 0.528. The molecule has 1 fully saturated rings. The number of thiophene rings is 1. The average Bonchev–Trinajstić information content (AvgIpc) is 3.01. The molecule has 3 heterocycles. The molecule has 0 unspecified atom stereocenters. The van der Waals surface area contributed by atoms with Gasteiger partial charge in [0.1, 0.15) is 0 Å². The van der Waals surface area contributed by atoms with Crippen molar-refractivity contribution in [1.29, 1.82) is 0 Å². The van der Waals surface area contributed by atoms with Crippen molar-refractivity contribution >= 4 is 33.0 Å². The summed E-state index contributed by atoms with van der Waals surface area (Å²) in [6.45, 7) is 0.878. The molecule has 0 radical (unpaired) electrons. The van der Waals surface area contributed by atoms with E-state index in [0.717, 1.165) is 17.5 Å². The van der Waals surface area contributed by atoms with Crippen LogP contribution in [0.1, 0.15) is 36.1 Å². The molecule has 1 N–H and O–H groups in total. The normalized spacial score (nSPS) is 28.4. The number of hydrogen-bond acceptors (Lipinski definition) is 3. The highest BCUT2D eigenvalue weighted by Crippen LogP contribution is 2.49. The van der Waals surface area contributed by atoms with Gasteiger partial charge in [-0.15, -0.1) is 0 Å². The van der Waals surface area contributed by atoms with Crippen LogP contribution in [0.25, 0.3) is 0 Å². The highest BCUT2D eigenvalue weighted by atomic mass is 79.9. The molecule has 0 amide bonds. The summed E-state index contributed by atoms with van der Waals surface area (Å²) in [6.07, 6.45) is 2.61. The summed E-state index contributed by atoms with van der Waals surface area (Å²) in [5.41, 5.74) is 3.91. The molecule has 104 valence electrons. The first-order chi connectivity index (χ1) is 9.83. The molecule has 1 aromatic heterocycles. The van der Waals surface area contributed by atoms with E-state index in [0.29, 0.717) is 12.0 Å². The number of anilines is 1. The lowest BCUT2D eigenvalue weighted by Gasteiger charge is -2.43. The molecule has 0 bridgehead atoms. The number of ether oxygens (including phenoxy) is 1. The van der Waals surface area contributed by atoms with Crippen LogP contribution in [0.15, 0.2) is 39.5 Å². The Morgan fingerprint density at radius 3 is 3.10 bits per heavy atom. The molecule has 1 saturated heterocycles. The van der Waals surface area contributed by atoms with E-state index in [9.17, 15) is 0 Å². The Hall–Kier alpha value is -0.840. The van der Waals surface area contributed by atoms with Gasteiger partial charge in [0.15, 0.2) is 0 Å². The number of benzene rings is 1. The molecule has 2 aliphatic rings. The number of hydrogen-bond donors (Lipinski definition) is 1. The van der Waals surface area contributed by atoms with Crippen LogP contribution in [0.3, 0.4) is 0 Å². The topological polar surface area (TPSA) is 21.3 Å². The Kier molecular flexibility index (Phi) is 3.33. The second-order valence-corrected chi connectivity index (χ2v) is 7.20. The zero-order valence-electron chi connectivity index (χ0n) is 11.0. The second-order valence-electron chi connectivity index (χ2n) is 5.51. The van der Waals surface area contributed by atoms with E-state index in [1.807, 2.05) is 0 Å². The SMILES string of the molecule is Brc1ccc2c(c1)[C@H]1OCCC[C@H]1[C@H](c1ccsc1)N2. The predicted molar refractivity (Wildman–Crippen MR) is 86.2 cm³/mol. The van der Waals surface area contributed by atoms with Crippen LogP contribution in [0.4, 0.5) is 5.69 Å². The van der Waals surface area contributed by atoms with Gasteiger partial charge in [-0.25, -0.2) is 0 Å². The number of nitrogens with one attached hydrogen (secondary N) is 1. The lowest BCUT2D eigenvalue weighted by Crippen LogP contribution is -2.35. The van der Waals surface area contributed by atoms with Gasteiger partial charge in [0.2, 0.25) is 0 Å². The summed E-state index contributed by atoms with van der Waals surface area (Å²) in [6, 6.07) is 9.07. The van der Waals surface area contributed by atoms with Gasteiger partial charge < -0.3 is 10.1 Å². The van der Waals surface area contributed by atoms with Gasteiger partial charge in [0, 0.05) is 28.2 Å². The van der Waals surface area contributed by atoms with Crippen molar-refractivity contribution < 1.29 is 4.74 Å². The van der Waals surface area contributed by atoms with Gasteiger partial charge in [0.25, 0.3) is 0 Å². The number of rotatable bonds is 1. The molecule has 20 heavy (non-hydrogen) atoms. The second kappa shape index (κ2) is 5.17. The first-order valence-corrected chi connectivity index (χ1v) is 8.76. The van der Waals surface area contributed by atoms with Crippen LogP contribution in [-0.4, -0.2) is 6.61 Å². The zero-order valence-corrected chi connectivity index (χ0v) is 13.4. The van der Waals surface area contributed by atoms with Gasteiger partial charge in [-0.2, -0.15) is 11.3 Å². The van der Waals surface area contributed by atoms with Crippen LogP contribution in [0.5, 0.6) is 0 Å². The Morgan fingerprint density at radius 2 is 2.25 bits per heavy atom. The zero-order chi connectivity index (χ0) is 13.5. The third-order valence-electron chi connectivity index (χ3n) is 4.33. The minimum atomic E-state index is 0.224. The van der Waals surface area contributed by atoms with E-state index in [4.69, 9.17) is 4.74 Å². The van der Waals surface area contributed by atoms with Crippen molar-refractivity contribution in [2.24, 2.45) is 5.92 Å². The maximum Gasteiger partial charge on any atom is 0.0896 e. The van der Waals surface area contributed by atoms with Gasteiger partial charge >= 0.3 is 0 Å². The maximum atomic E-state index is 6.13. The van der Waals surface area contributed by atoms with E-state index in [-0.39, 0.29) is 6.10 Å². The van der Waals surface area contributed by atoms with Gasteiger partial charge in [-0.3, -0.25) is 0 Å². The highest BCUT2D eigenvalue weighted by Gasteiger charge is 2.39. The first kappa shape index (κ1) is 12.9. The Balaban J connectivity index is 1.79. The molecule has 2 nitrogen and oxygen atoms in total. The van der Waals surface area contributed by atoms with E-state index >= 15 is 0 Å². The molecule has 4 heteroatoms. The molecule has 4 rings (SSSR count). The Morgan fingerprint density at radius 1 is 1.30 bits per heavy atom. The molecule has 2 aromatic rings. The summed E-state index contributed by atoms with van der Waals surface area (Å²) < 4.78 is 7.26. The number of halogens is 1. The molecular formula is C16H16BrNOS. The van der Waals surface area contributed by atoms with Crippen LogP contribution < -0.4 is 5.32 Å². The summed E-state index contributed by atoms with van der Waals surface area (Å²) in [5, 5.41) is 8.15. The largest absolute Gasteiger partial charge is 0.378 e. The first-order valence-electron chi connectivity index (χ1n) is 7.02. The van der Waals surface area contributed by atoms with Crippen molar-refractivity contribution in [1.82, 2.24) is 0 Å². The van der Waals surface area contributed by atoms with Crippen molar-refractivity contribution in [3.8, 4) is 0 Å². The van der Waals surface area contributed by atoms with E-state index in [1.165, 1.54) is 23.2 Å². The third-order valence-corrected chi connectivity index (χ3v) is 5.52. The molecule has 0 aliphatic carbocycles. The lowest BCUT2D eigenvalue weighted by atomic mass is 9.78.